The van der Waals surface area contributed by atoms with Crippen LogP contribution in [-0.4, -0.2) is 23.7 Å². The molecule has 0 aromatic carbocycles. The molecule has 0 saturated heterocycles. The Hall–Kier alpha value is -0.570. The molecule has 0 saturated carbocycles. The van der Waals surface area contributed by atoms with E-state index in [0.29, 0.717) is 0 Å². The van der Waals surface area contributed by atoms with Crippen molar-refractivity contribution in [1.29, 1.82) is 0 Å². The molecule has 9 heavy (non-hydrogen) atoms. The first kappa shape index (κ1) is 8.43. The minimum Gasteiger partial charge on any atom is -0.481 e. The highest BCUT2D eigenvalue weighted by Gasteiger charge is 2.03. The molecule has 0 rings (SSSR count). The van der Waals surface area contributed by atoms with E-state index in [1.165, 1.54) is 0 Å². The topological polar surface area (TPSA) is 49.3 Å². The molecule has 1 atom stereocenters. The number of rotatable bonds is 4. The van der Waals surface area contributed by atoms with E-state index in [2.05, 4.69) is 5.32 Å². The number of carboxylic acid groups (broad SMARTS) is 1. The third-order valence-electron chi connectivity index (χ3n) is 1.03. The molecule has 0 aliphatic heterocycles. The van der Waals surface area contributed by atoms with Crippen molar-refractivity contribution in [2.24, 2.45) is 0 Å². The first-order chi connectivity index (χ1) is 4.16. The zero-order chi connectivity index (χ0) is 7.28. The van der Waals surface area contributed by atoms with Crippen LogP contribution in [-0.2, 0) is 4.79 Å². The lowest BCUT2D eigenvalue weighted by atomic mass is 10.2. The Morgan fingerprint density at radius 2 is 2.33 bits per heavy atom. The van der Waals surface area contributed by atoms with Gasteiger partial charge in [-0.2, -0.15) is 0 Å². The third kappa shape index (κ3) is 5.30. The Kier molecular flexibility index (Phi) is 4.05. The van der Waals surface area contributed by atoms with Crippen molar-refractivity contribution < 1.29 is 9.90 Å². The normalized spacial score (nSPS) is 13.1. The quantitative estimate of drug-likeness (QED) is 0.582. The number of hydrogen-bond acceptors (Lipinski definition) is 2. The second-order valence-corrected chi connectivity index (χ2v) is 2.06. The lowest BCUT2D eigenvalue weighted by molar-refractivity contribution is -0.137. The zero-order valence-electron chi connectivity index (χ0n) is 5.85. The fourth-order valence-corrected chi connectivity index (χ4v) is 0.683. The van der Waals surface area contributed by atoms with E-state index in [9.17, 15) is 4.79 Å². The molecule has 0 fully saturated rings. The van der Waals surface area contributed by atoms with Crippen molar-refractivity contribution in [3.05, 3.63) is 0 Å². The predicted molar refractivity (Wildman–Crippen MR) is 35.4 cm³/mol. The van der Waals surface area contributed by atoms with Crippen molar-refractivity contribution in [2.75, 3.05) is 6.54 Å². The van der Waals surface area contributed by atoms with Crippen LogP contribution in [0.4, 0.5) is 0 Å². The van der Waals surface area contributed by atoms with Crippen LogP contribution in [0.2, 0.25) is 0 Å². The summed E-state index contributed by atoms with van der Waals surface area (Å²) in [6.45, 7) is 4.64. The summed E-state index contributed by atoms with van der Waals surface area (Å²) in [5.74, 6) is -0.747. The molecule has 0 spiro atoms. The van der Waals surface area contributed by atoms with Gasteiger partial charge < -0.3 is 10.4 Å². The van der Waals surface area contributed by atoms with Gasteiger partial charge >= 0.3 is 5.97 Å². The van der Waals surface area contributed by atoms with Crippen LogP contribution in [0.15, 0.2) is 0 Å². The van der Waals surface area contributed by atoms with Crippen LogP contribution >= 0.6 is 0 Å². The molecule has 0 aromatic rings. The molecule has 3 heteroatoms. The maximum absolute atomic E-state index is 10.0. The van der Waals surface area contributed by atoms with Crippen LogP contribution in [0, 0.1) is 0 Å². The van der Waals surface area contributed by atoms with E-state index in [1.54, 1.807) is 0 Å². The molecule has 0 aromatic heterocycles. The van der Waals surface area contributed by atoms with Gasteiger partial charge in [-0.15, -0.1) is 0 Å². The van der Waals surface area contributed by atoms with Gasteiger partial charge in [-0.05, 0) is 13.5 Å². The largest absolute Gasteiger partial charge is 0.481 e. The van der Waals surface area contributed by atoms with Crippen molar-refractivity contribution >= 4 is 5.97 Å². The van der Waals surface area contributed by atoms with E-state index < -0.39 is 5.97 Å². The number of nitrogens with one attached hydrogen (secondary N) is 1. The molecule has 1 unspecified atom stereocenters. The predicted octanol–water partition coefficient (Wildman–Crippen LogP) is 0.459. The van der Waals surface area contributed by atoms with Gasteiger partial charge in [0, 0.05) is 6.04 Å². The van der Waals surface area contributed by atoms with Crippen LogP contribution in [0.3, 0.4) is 0 Å². The van der Waals surface area contributed by atoms with Gasteiger partial charge in [0.05, 0.1) is 6.42 Å². The SMILES string of the molecule is CCNC(C)CC(=O)O. The molecule has 0 heterocycles. The summed E-state index contributed by atoms with van der Waals surface area (Å²) in [6.07, 6.45) is 0.202. The van der Waals surface area contributed by atoms with Gasteiger partial charge in [0.1, 0.15) is 0 Å². The first-order valence-electron chi connectivity index (χ1n) is 3.12. The standard InChI is InChI=1S/C6H13NO2/c1-3-7-5(2)4-6(8)9/h5,7H,3-4H2,1-2H3,(H,8,9). The van der Waals surface area contributed by atoms with Crippen molar-refractivity contribution in [2.45, 2.75) is 26.3 Å². The average Bonchev–Trinajstić information content (AvgIpc) is 1.63. The van der Waals surface area contributed by atoms with Gasteiger partial charge in [0.2, 0.25) is 0 Å². The fraction of sp³-hybridized carbons (Fsp3) is 0.833. The first-order valence-corrected chi connectivity index (χ1v) is 3.12. The average molecular weight is 131 g/mol. The van der Waals surface area contributed by atoms with Crippen LogP contribution in [0.25, 0.3) is 0 Å². The van der Waals surface area contributed by atoms with Gasteiger partial charge in [-0.1, -0.05) is 6.92 Å². The molecule has 0 radical (unpaired) electrons. The molecule has 3 nitrogen and oxygen atoms in total. The minimum absolute atomic E-state index is 0.0903. The third-order valence-corrected chi connectivity index (χ3v) is 1.03. The van der Waals surface area contributed by atoms with Crippen molar-refractivity contribution in [3.8, 4) is 0 Å². The zero-order valence-corrected chi connectivity index (χ0v) is 5.85. The van der Waals surface area contributed by atoms with Gasteiger partial charge in [-0.3, -0.25) is 4.79 Å². The van der Waals surface area contributed by atoms with E-state index in [0.717, 1.165) is 6.54 Å². The maximum Gasteiger partial charge on any atom is 0.304 e. The minimum atomic E-state index is -0.747. The van der Waals surface area contributed by atoms with E-state index in [4.69, 9.17) is 5.11 Å². The molecule has 0 aliphatic rings. The van der Waals surface area contributed by atoms with Gasteiger partial charge in [0.25, 0.3) is 0 Å². The lowest BCUT2D eigenvalue weighted by Gasteiger charge is -2.07. The summed E-state index contributed by atoms with van der Waals surface area (Å²) in [6, 6.07) is 0.0903. The molecule has 0 amide bonds. The number of carbonyl (C=O) groups is 1. The van der Waals surface area contributed by atoms with E-state index >= 15 is 0 Å². The fourth-order valence-electron chi connectivity index (χ4n) is 0.683. The van der Waals surface area contributed by atoms with E-state index in [1.807, 2.05) is 13.8 Å². The Bertz CT molecular complexity index is 93.1. The Balaban J connectivity index is 3.26. The molecule has 54 valence electrons. The van der Waals surface area contributed by atoms with Crippen LogP contribution in [0.1, 0.15) is 20.3 Å². The van der Waals surface area contributed by atoms with Crippen LogP contribution in [0.5, 0.6) is 0 Å². The summed E-state index contributed by atoms with van der Waals surface area (Å²) in [5.41, 5.74) is 0. The molecule has 2 N–H and O–H groups in total. The highest BCUT2D eigenvalue weighted by molar-refractivity contribution is 5.67. The summed E-state index contributed by atoms with van der Waals surface area (Å²) in [4.78, 5) is 10.0. The molecule has 0 aliphatic carbocycles. The van der Waals surface area contributed by atoms with Gasteiger partial charge in [0.15, 0.2) is 0 Å². The number of carboxylic acids is 1. The van der Waals surface area contributed by atoms with Crippen LogP contribution < -0.4 is 5.32 Å². The lowest BCUT2D eigenvalue weighted by Crippen LogP contribution is -2.27. The summed E-state index contributed by atoms with van der Waals surface area (Å²) in [5, 5.41) is 11.3. The smallest absolute Gasteiger partial charge is 0.304 e. The van der Waals surface area contributed by atoms with E-state index in [-0.39, 0.29) is 12.5 Å². The Morgan fingerprint density at radius 1 is 1.78 bits per heavy atom. The molecular formula is C6H13NO2. The summed E-state index contributed by atoms with van der Waals surface area (Å²) < 4.78 is 0. The number of hydrogen-bond donors (Lipinski definition) is 2. The highest BCUT2D eigenvalue weighted by atomic mass is 16.4. The summed E-state index contributed by atoms with van der Waals surface area (Å²) >= 11 is 0. The summed E-state index contributed by atoms with van der Waals surface area (Å²) in [7, 11) is 0. The molecule has 0 bridgehead atoms. The Morgan fingerprint density at radius 3 is 2.67 bits per heavy atom. The second kappa shape index (κ2) is 4.32. The van der Waals surface area contributed by atoms with Gasteiger partial charge in [-0.25, -0.2) is 0 Å². The highest BCUT2D eigenvalue weighted by Crippen LogP contribution is 1.87. The second-order valence-electron chi connectivity index (χ2n) is 2.06. The monoisotopic (exact) mass is 131 g/mol. The van der Waals surface area contributed by atoms with Crippen molar-refractivity contribution in [1.82, 2.24) is 5.32 Å². The number of aliphatic carboxylic acids is 1. The van der Waals surface area contributed by atoms with Crippen molar-refractivity contribution in [3.63, 3.8) is 0 Å². The maximum atomic E-state index is 10.0. The Labute approximate surface area is 55.1 Å². The molecular weight excluding hydrogens is 118 g/mol.